The zero-order valence-corrected chi connectivity index (χ0v) is 22.6. The maximum atomic E-state index is 13.1. The van der Waals surface area contributed by atoms with E-state index in [4.69, 9.17) is 9.47 Å². The molecule has 2 N–H and O–H groups in total. The number of morpholine rings is 1. The summed E-state index contributed by atoms with van der Waals surface area (Å²) in [4.78, 5) is 35.1. The van der Waals surface area contributed by atoms with E-state index in [-0.39, 0.29) is 29.5 Å². The number of ether oxygens (including phenoxy) is 2. The van der Waals surface area contributed by atoms with Crippen LogP contribution in [-0.4, -0.2) is 79.3 Å². The molecule has 0 spiro atoms. The highest BCUT2D eigenvalue weighted by Crippen LogP contribution is 2.31. The van der Waals surface area contributed by atoms with Crippen LogP contribution in [0.25, 0.3) is 0 Å². The molecule has 9 nitrogen and oxygen atoms in total. The molecule has 0 radical (unpaired) electrons. The summed E-state index contributed by atoms with van der Waals surface area (Å²) in [5.41, 5.74) is 2.19. The van der Waals surface area contributed by atoms with E-state index in [1.807, 2.05) is 25.1 Å². The van der Waals surface area contributed by atoms with Crippen molar-refractivity contribution in [2.24, 2.45) is 0 Å². The summed E-state index contributed by atoms with van der Waals surface area (Å²) < 4.78 is 11.1. The van der Waals surface area contributed by atoms with Crippen LogP contribution in [0.15, 0.2) is 23.6 Å². The molecular formula is C26H37N5O4S. The lowest BCUT2D eigenvalue weighted by atomic mass is 10.00. The van der Waals surface area contributed by atoms with Gasteiger partial charge in [0, 0.05) is 44.2 Å². The van der Waals surface area contributed by atoms with Crippen molar-refractivity contribution in [3.05, 3.63) is 40.4 Å². The van der Waals surface area contributed by atoms with Crippen LogP contribution >= 0.6 is 11.3 Å². The SMILES string of the molecule is CCCNC(=O)c1cc(CN2CCOCC2(C)C)ccc1NC(=O)c1csc(N2C[C@H](OC)[C@H]2C)n1. The Morgan fingerprint density at radius 3 is 2.81 bits per heavy atom. The number of benzene rings is 1. The van der Waals surface area contributed by atoms with Crippen LogP contribution in [0, 0.1) is 0 Å². The van der Waals surface area contributed by atoms with Gasteiger partial charge in [-0.25, -0.2) is 4.98 Å². The lowest BCUT2D eigenvalue weighted by molar-refractivity contribution is -0.0552. The maximum absolute atomic E-state index is 13.1. The van der Waals surface area contributed by atoms with Gasteiger partial charge < -0.3 is 25.0 Å². The predicted molar refractivity (Wildman–Crippen MR) is 142 cm³/mol. The smallest absolute Gasteiger partial charge is 0.275 e. The van der Waals surface area contributed by atoms with Crippen LogP contribution in [0.4, 0.5) is 10.8 Å². The second-order valence-electron chi connectivity index (χ2n) is 10.1. The van der Waals surface area contributed by atoms with Crippen molar-refractivity contribution in [2.45, 2.75) is 58.3 Å². The van der Waals surface area contributed by atoms with Crippen molar-refractivity contribution in [3.63, 3.8) is 0 Å². The number of methoxy groups -OCH3 is 1. The van der Waals surface area contributed by atoms with Crippen molar-refractivity contribution >= 4 is 34.0 Å². The van der Waals surface area contributed by atoms with Gasteiger partial charge in [-0.15, -0.1) is 11.3 Å². The summed E-state index contributed by atoms with van der Waals surface area (Å²) in [5, 5.41) is 8.41. The van der Waals surface area contributed by atoms with Crippen molar-refractivity contribution in [1.82, 2.24) is 15.2 Å². The Morgan fingerprint density at radius 2 is 2.11 bits per heavy atom. The van der Waals surface area contributed by atoms with Gasteiger partial charge in [0.1, 0.15) is 5.69 Å². The Balaban J connectivity index is 1.51. The molecule has 3 heterocycles. The third kappa shape index (κ3) is 5.72. The fourth-order valence-electron chi connectivity index (χ4n) is 4.51. The Morgan fingerprint density at radius 1 is 1.31 bits per heavy atom. The van der Waals surface area contributed by atoms with Gasteiger partial charge in [-0.2, -0.15) is 0 Å². The molecule has 36 heavy (non-hydrogen) atoms. The minimum atomic E-state index is -0.333. The molecule has 2 aliphatic heterocycles. The highest BCUT2D eigenvalue weighted by Gasteiger charge is 2.37. The largest absolute Gasteiger partial charge is 0.378 e. The van der Waals surface area contributed by atoms with Crippen LogP contribution < -0.4 is 15.5 Å². The molecule has 1 aromatic heterocycles. The van der Waals surface area contributed by atoms with E-state index in [0.29, 0.717) is 43.2 Å². The van der Waals surface area contributed by atoms with Crippen LogP contribution in [0.2, 0.25) is 0 Å². The topological polar surface area (TPSA) is 96.0 Å². The van der Waals surface area contributed by atoms with Gasteiger partial charge in [0.05, 0.1) is 36.6 Å². The fourth-order valence-corrected chi connectivity index (χ4v) is 5.41. The molecule has 0 saturated carbocycles. The van der Waals surface area contributed by atoms with Crippen LogP contribution in [0.1, 0.15) is 60.5 Å². The van der Waals surface area contributed by atoms with Crippen molar-refractivity contribution in [1.29, 1.82) is 0 Å². The number of amides is 2. The van der Waals surface area contributed by atoms with Gasteiger partial charge in [0.25, 0.3) is 11.8 Å². The summed E-state index contributed by atoms with van der Waals surface area (Å²) in [5.74, 6) is -0.533. The van der Waals surface area contributed by atoms with Crippen molar-refractivity contribution in [2.75, 3.05) is 50.2 Å². The normalized spacial score (nSPS) is 21.6. The van der Waals surface area contributed by atoms with E-state index >= 15 is 0 Å². The first kappa shape index (κ1) is 26.5. The van der Waals surface area contributed by atoms with Crippen LogP contribution in [0.3, 0.4) is 0 Å². The third-order valence-corrected chi connectivity index (χ3v) is 7.86. The Kier molecular flexibility index (Phi) is 8.29. The van der Waals surface area contributed by atoms with Gasteiger partial charge in [-0.05, 0) is 44.9 Å². The van der Waals surface area contributed by atoms with E-state index in [0.717, 1.165) is 30.2 Å². The van der Waals surface area contributed by atoms with E-state index in [1.54, 1.807) is 12.5 Å². The van der Waals surface area contributed by atoms with Crippen LogP contribution in [-0.2, 0) is 16.0 Å². The van der Waals surface area contributed by atoms with E-state index < -0.39 is 0 Å². The molecule has 196 valence electrons. The van der Waals surface area contributed by atoms with Crippen molar-refractivity contribution in [3.8, 4) is 0 Å². The van der Waals surface area contributed by atoms with Gasteiger partial charge in [0.2, 0.25) is 0 Å². The molecule has 2 atom stereocenters. The molecule has 10 heteroatoms. The molecule has 1 aromatic carbocycles. The first-order chi connectivity index (χ1) is 17.2. The number of rotatable bonds is 9. The highest BCUT2D eigenvalue weighted by atomic mass is 32.1. The molecule has 2 saturated heterocycles. The van der Waals surface area contributed by atoms with Gasteiger partial charge in [0.15, 0.2) is 5.13 Å². The predicted octanol–water partition coefficient (Wildman–Crippen LogP) is 3.37. The number of carbonyl (C=O) groups is 2. The van der Waals surface area contributed by atoms with Gasteiger partial charge in [-0.3, -0.25) is 14.5 Å². The standard InChI is InChI=1S/C26H37N5O4S/c1-6-9-27-23(32)19-12-18(13-30-10-11-35-16-26(30,3)4)7-8-20(19)28-24(33)21-15-36-25(29-21)31-14-22(34-5)17(31)2/h7-8,12,15,17,22H,6,9-11,13-14,16H2,1-5H3,(H,27,32)(H,28,33)/t17-,22+/m1/s1. The Bertz CT molecular complexity index is 1090. The number of hydrogen-bond acceptors (Lipinski definition) is 8. The molecule has 2 aliphatic rings. The van der Waals surface area contributed by atoms with Crippen molar-refractivity contribution < 1.29 is 19.1 Å². The maximum Gasteiger partial charge on any atom is 0.275 e. The van der Waals surface area contributed by atoms with Gasteiger partial charge in [-0.1, -0.05) is 13.0 Å². The minimum Gasteiger partial charge on any atom is -0.378 e. The number of hydrogen-bond donors (Lipinski definition) is 2. The second kappa shape index (κ2) is 11.2. The summed E-state index contributed by atoms with van der Waals surface area (Å²) in [6, 6.07) is 5.88. The quantitative estimate of drug-likeness (QED) is 0.529. The Labute approximate surface area is 217 Å². The number of nitrogens with one attached hydrogen (secondary N) is 2. The molecule has 4 rings (SSSR count). The summed E-state index contributed by atoms with van der Waals surface area (Å²) in [6.07, 6.45) is 1.01. The van der Waals surface area contributed by atoms with Gasteiger partial charge >= 0.3 is 0 Å². The number of anilines is 2. The molecule has 2 fully saturated rings. The average molecular weight is 516 g/mol. The molecule has 0 bridgehead atoms. The molecular weight excluding hydrogens is 478 g/mol. The molecule has 2 amide bonds. The molecule has 0 unspecified atom stereocenters. The van der Waals surface area contributed by atoms with Crippen LogP contribution in [0.5, 0.6) is 0 Å². The second-order valence-corrected chi connectivity index (χ2v) is 10.9. The fraction of sp³-hybridized carbons (Fsp3) is 0.577. The Hall–Kier alpha value is -2.53. The lowest BCUT2D eigenvalue weighted by Crippen LogP contribution is -2.59. The first-order valence-corrected chi connectivity index (χ1v) is 13.4. The zero-order chi connectivity index (χ0) is 25.9. The van der Waals surface area contributed by atoms with E-state index in [1.165, 1.54) is 11.3 Å². The molecule has 2 aromatic rings. The number of carbonyl (C=O) groups excluding carboxylic acids is 2. The minimum absolute atomic E-state index is 0.0880. The summed E-state index contributed by atoms with van der Waals surface area (Å²) in [7, 11) is 1.71. The number of aromatic nitrogens is 1. The highest BCUT2D eigenvalue weighted by molar-refractivity contribution is 7.14. The number of nitrogens with zero attached hydrogens (tertiary/aromatic N) is 3. The zero-order valence-electron chi connectivity index (χ0n) is 21.8. The monoisotopic (exact) mass is 515 g/mol. The average Bonchev–Trinajstić information content (AvgIpc) is 3.33. The first-order valence-electron chi connectivity index (χ1n) is 12.5. The summed E-state index contributed by atoms with van der Waals surface area (Å²) >= 11 is 1.44. The summed E-state index contributed by atoms with van der Waals surface area (Å²) in [6.45, 7) is 12.6. The van der Waals surface area contributed by atoms with E-state index in [9.17, 15) is 9.59 Å². The number of thiazole rings is 1. The lowest BCUT2D eigenvalue weighted by Gasteiger charge is -2.45. The third-order valence-electron chi connectivity index (χ3n) is 6.98. The van der Waals surface area contributed by atoms with E-state index in [2.05, 4.69) is 46.2 Å². The molecule has 0 aliphatic carbocycles.